The van der Waals surface area contributed by atoms with Gasteiger partial charge in [0.1, 0.15) is 12.0 Å². The first-order valence-corrected chi connectivity index (χ1v) is 4.12. The Hall–Kier alpha value is -1.52. The van der Waals surface area contributed by atoms with E-state index in [0.717, 1.165) is 11.5 Å². The molecule has 2 rings (SSSR count). The molecule has 13 heavy (non-hydrogen) atoms. The van der Waals surface area contributed by atoms with Crippen LogP contribution in [0.4, 0.5) is 11.5 Å². The van der Waals surface area contributed by atoms with E-state index in [9.17, 15) is 0 Å². The molecule has 0 spiro atoms. The first-order valence-electron chi connectivity index (χ1n) is 4.12. The van der Waals surface area contributed by atoms with E-state index >= 15 is 0 Å². The summed E-state index contributed by atoms with van der Waals surface area (Å²) in [5, 5.41) is 3.24. The smallest absolute Gasteiger partial charge is 0.242 e. The Morgan fingerprint density at radius 2 is 2.31 bits per heavy atom. The van der Waals surface area contributed by atoms with Crippen LogP contribution in [0.5, 0.6) is 5.88 Å². The molecule has 1 aliphatic heterocycles. The number of aromatic nitrogens is 2. The minimum Gasteiger partial charge on any atom is -0.479 e. The zero-order valence-corrected chi connectivity index (χ0v) is 7.90. The highest BCUT2D eigenvalue weighted by molar-refractivity contribution is 5.75. The van der Waals surface area contributed by atoms with Gasteiger partial charge in [-0.15, -0.1) is 0 Å². The van der Waals surface area contributed by atoms with E-state index in [4.69, 9.17) is 4.74 Å². The molecule has 0 saturated heterocycles. The monoisotopic (exact) mass is 180 g/mol. The largest absolute Gasteiger partial charge is 0.479 e. The van der Waals surface area contributed by atoms with Gasteiger partial charge in [-0.3, -0.25) is 0 Å². The molecule has 1 aromatic rings. The van der Waals surface area contributed by atoms with Crippen molar-refractivity contribution >= 4 is 11.5 Å². The van der Waals surface area contributed by atoms with Crippen LogP contribution < -0.4 is 15.0 Å². The standard InChI is InChI=1S/C8H12N4O/c1-5-11-6-7(12(5)2)9-4-10-8(6)13-3/h4-5,11H,1-3H3. The first-order chi connectivity index (χ1) is 6.24. The van der Waals surface area contributed by atoms with Crippen LogP contribution in [0.3, 0.4) is 0 Å². The molecule has 1 N–H and O–H groups in total. The average molecular weight is 180 g/mol. The number of hydrogen-bond donors (Lipinski definition) is 1. The van der Waals surface area contributed by atoms with Gasteiger partial charge in [0.25, 0.3) is 0 Å². The summed E-state index contributed by atoms with van der Waals surface area (Å²) >= 11 is 0. The molecule has 0 saturated carbocycles. The summed E-state index contributed by atoms with van der Waals surface area (Å²) in [7, 11) is 3.59. The molecule has 1 unspecified atom stereocenters. The molecular weight excluding hydrogens is 168 g/mol. The maximum Gasteiger partial charge on any atom is 0.242 e. The minimum atomic E-state index is 0.237. The Labute approximate surface area is 76.7 Å². The molecule has 0 fully saturated rings. The van der Waals surface area contributed by atoms with Gasteiger partial charge in [0.2, 0.25) is 5.88 Å². The fraction of sp³-hybridized carbons (Fsp3) is 0.500. The fourth-order valence-corrected chi connectivity index (χ4v) is 1.40. The number of ether oxygens (including phenoxy) is 1. The predicted molar refractivity (Wildman–Crippen MR) is 50.1 cm³/mol. The van der Waals surface area contributed by atoms with Gasteiger partial charge in [-0.05, 0) is 6.92 Å². The van der Waals surface area contributed by atoms with Crippen molar-refractivity contribution < 1.29 is 4.74 Å². The third-order valence-electron chi connectivity index (χ3n) is 2.25. The summed E-state index contributed by atoms with van der Waals surface area (Å²) in [6.07, 6.45) is 1.74. The Balaban J connectivity index is 2.49. The maximum absolute atomic E-state index is 5.11. The zero-order chi connectivity index (χ0) is 9.42. The van der Waals surface area contributed by atoms with Gasteiger partial charge >= 0.3 is 0 Å². The quantitative estimate of drug-likeness (QED) is 0.689. The van der Waals surface area contributed by atoms with Crippen molar-refractivity contribution in [3.05, 3.63) is 6.33 Å². The molecule has 1 aliphatic rings. The van der Waals surface area contributed by atoms with E-state index in [1.54, 1.807) is 7.11 Å². The minimum absolute atomic E-state index is 0.237. The summed E-state index contributed by atoms with van der Waals surface area (Å²) in [5.41, 5.74) is 0.875. The number of methoxy groups -OCH3 is 1. The van der Waals surface area contributed by atoms with Crippen molar-refractivity contribution in [2.24, 2.45) is 0 Å². The molecule has 1 aromatic heterocycles. The van der Waals surface area contributed by atoms with Gasteiger partial charge in [0.05, 0.1) is 13.3 Å². The Kier molecular flexibility index (Phi) is 1.72. The van der Waals surface area contributed by atoms with Gasteiger partial charge < -0.3 is 15.0 Å². The van der Waals surface area contributed by atoms with E-state index < -0.39 is 0 Å². The van der Waals surface area contributed by atoms with Crippen molar-refractivity contribution in [2.45, 2.75) is 13.1 Å². The highest BCUT2D eigenvalue weighted by Crippen LogP contribution is 2.36. The number of nitrogens with one attached hydrogen (secondary N) is 1. The predicted octanol–water partition coefficient (Wildman–Crippen LogP) is 0.693. The Bertz CT molecular complexity index is 328. The van der Waals surface area contributed by atoms with Gasteiger partial charge in [0.15, 0.2) is 5.82 Å². The molecule has 0 aromatic carbocycles. The molecule has 2 heterocycles. The van der Waals surface area contributed by atoms with Crippen molar-refractivity contribution in [3.8, 4) is 5.88 Å². The van der Waals surface area contributed by atoms with Crippen LogP contribution >= 0.6 is 0 Å². The number of rotatable bonds is 1. The lowest BCUT2D eigenvalue weighted by molar-refractivity contribution is 0.399. The van der Waals surface area contributed by atoms with E-state index in [1.807, 2.05) is 11.9 Å². The number of anilines is 2. The summed E-state index contributed by atoms with van der Waals surface area (Å²) in [5.74, 6) is 1.49. The molecular formula is C8H12N4O. The lowest BCUT2D eigenvalue weighted by Gasteiger charge is -2.15. The Morgan fingerprint density at radius 3 is 3.00 bits per heavy atom. The van der Waals surface area contributed by atoms with Gasteiger partial charge in [0, 0.05) is 7.05 Å². The zero-order valence-electron chi connectivity index (χ0n) is 7.90. The van der Waals surface area contributed by atoms with Crippen molar-refractivity contribution in [2.75, 3.05) is 24.4 Å². The first kappa shape index (κ1) is 8.10. The normalized spacial score (nSPS) is 19.6. The highest BCUT2D eigenvalue weighted by Gasteiger charge is 2.26. The lowest BCUT2D eigenvalue weighted by Crippen LogP contribution is -2.28. The van der Waals surface area contributed by atoms with Crippen LogP contribution in [0.15, 0.2) is 6.33 Å². The van der Waals surface area contributed by atoms with E-state index in [-0.39, 0.29) is 6.17 Å². The SMILES string of the molecule is COc1ncnc2c1NC(C)N2C. The Morgan fingerprint density at radius 1 is 1.54 bits per heavy atom. The van der Waals surface area contributed by atoms with Crippen LogP contribution in [-0.4, -0.2) is 30.3 Å². The molecule has 0 aliphatic carbocycles. The van der Waals surface area contributed by atoms with E-state index in [1.165, 1.54) is 6.33 Å². The molecule has 5 nitrogen and oxygen atoms in total. The van der Waals surface area contributed by atoms with Crippen LogP contribution in [0, 0.1) is 0 Å². The summed E-state index contributed by atoms with van der Waals surface area (Å²) in [6.45, 7) is 2.06. The third-order valence-corrected chi connectivity index (χ3v) is 2.25. The molecule has 5 heteroatoms. The second-order valence-corrected chi connectivity index (χ2v) is 3.01. The van der Waals surface area contributed by atoms with Crippen molar-refractivity contribution in [1.82, 2.24) is 9.97 Å². The second-order valence-electron chi connectivity index (χ2n) is 3.01. The second kappa shape index (κ2) is 2.76. The van der Waals surface area contributed by atoms with Crippen molar-refractivity contribution in [3.63, 3.8) is 0 Å². The van der Waals surface area contributed by atoms with Crippen LogP contribution in [0.1, 0.15) is 6.92 Å². The highest BCUT2D eigenvalue weighted by atomic mass is 16.5. The van der Waals surface area contributed by atoms with Crippen LogP contribution in [-0.2, 0) is 0 Å². The van der Waals surface area contributed by atoms with E-state index in [2.05, 4.69) is 22.2 Å². The van der Waals surface area contributed by atoms with Gasteiger partial charge in [-0.1, -0.05) is 0 Å². The third kappa shape index (κ3) is 1.07. The molecule has 1 atom stereocenters. The molecule has 0 amide bonds. The van der Waals surface area contributed by atoms with Gasteiger partial charge in [-0.2, -0.15) is 4.98 Å². The number of nitrogens with zero attached hydrogens (tertiary/aromatic N) is 3. The summed E-state index contributed by atoms with van der Waals surface area (Å²) in [6, 6.07) is 0. The van der Waals surface area contributed by atoms with Crippen molar-refractivity contribution in [1.29, 1.82) is 0 Å². The number of hydrogen-bond acceptors (Lipinski definition) is 5. The molecule has 0 radical (unpaired) electrons. The summed E-state index contributed by atoms with van der Waals surface area (Å²) < 4.78 is 5.11. The number of fused-ring (bicyclic) bond motifs is 1. The van der Waals surface area contributed by atoms with E-state index in [0.29, 0.717) is 5.88 Å². The van der Waals surface area contributed by atoms with Gasteiger partial charge in [-0.25, -0.2) is 4.98 Å². The maximum atomic E-state index is 5.11. The van der Waals surface area contributed by atoms with Crippen LogP contribution in [0.2, 0.25) is 0 Å². The topological polar surface area (TPSA) is 50.3 Å². The lowest BCUT2D eigenvalue weighted by atomic mass is 10.4. The average Bonchev–Trinajstić information content (AvgIpc) is 2.43. The summed E-state index contributed by atoms with van der Waals surface area (Å²) in [4.78, 5) is 10.2. The molecule has 0 bridgehead atoms. The fourth-order valence-electron chi connectivity index (χ4n) is 1.40. The van der Waals surface area contributed by atoms with Crippen LogP contribution in [0.25, 0.3) is 0 Å². The molecule has 70 valence electrons.